The number of unbranched alkanes of at least 4 members (excludes halogenated alkanes) is 1. The summed E-state index contributed by atoms with van der Waals surface area (Å²) >= 11 is 0. The molecule has 0 radical (unpaired) electrons. The molecule has 112 valence electrons. The van der Waals surface area contributed by atoms with Crippen molar-refractivity contribution >= 4 is 27.5 Å². The van der Waals surface area contributed by atoms with E-state index in [1.807, 2.05) is 47.7 Å². The Labute approximate surface area is 129 Å². The van der Waals surface area contributed by atoms with Gasteiger partial charge in [0.1, 0.15) is 11.5 Å². The van der Waals surface area contributed by atoms with Gasteiger partial charge in [0, 0.05) is 24.5 Å². The largest absolute Gasteiger partial charge is 0.464 e. The Morgan fingerprint density at radius 2 is 2.30 bits per heavy atom. The monoisotopic (exact) mass is 313 g/mol. The van der Waals surface area contributed by atoms with Crippen LogP contribution >= 0.6 is 21.6 Å². The van der Waals surface area contributed by atoms with Crippen molar-refractivity contribution in [2.24, 2.45) is 0 Å². The Hall–Kier alpha value is -0.550. The molecule has 2 heterocycles. The van der Waals surface area contributed by atoms with Gasteiger partial charge in [0.25, 0.3) is 0 Å². The van der Waals surface area contributed by atoms with Crippen LogP contribution in [-0.2, 0) is 11.3 Å². The van der Waals surface area contributed by atoms with Crippen molar-refractivity contribution in [3.8, 4) is 0 Å². The van der Waals surface area contributed by atoms with E-state index in [2.05, 4.69) is 0 Å². The summed E-state index contributed by atoms with van der Waals surface area (Å²) in [5.74, 6) is 3.26. The third-order valence-electron chi connectivity index (χ3n) is 3.51. The molecule has 1 unspecified atom stereocenters. The summed E-state index contributed by atoms with van der Waals surface area (Å²) in [6.07, 6.45) is 5.41. The van der Waals surface area contributed by atoms with Crippen LogP contribution in [0.25, 0.3) is 0 Å². The van der Waals surface area contributed by atoms with Crippen LogP contribution < -0.4 is 0 Å². The average Bonchev–Trinajstić information content (AvgIpc) is 3.06. The van der Waals surface area contributed by atoms with Crippen LogP contribution in [0.1, 0.15) is 43.6 Å². The van der Waals surface area contributed by atoms with Gasteiger partial charge >= 0.3 is 0 Å². The van der Waals surface area contributed by atoms with E-state index < -0.39 is 0 Å². The summed E-state index contributed by atoms with van der Waals surface area (Å²) < 4.78 is 5.50. The Kier molecular flexibility index (Phi) is 6.36. The zero-order valence-electron chi connectivity index (χ0n) is 12.3. The number of carbonyl (C=O) groups is 1. The first kappa shape index (κ1) is 15.8. The van der Waals surface area contributed by atoms with Gasteiger partial charge in [-0.25, -0.2) is 0 Å². The molecule has 0 N–H and O–H groups in total. The van der Waals surface area contributed by atoms with Gasteiger partial charge in [-0.1, -0.05) is 28.0 Å². The number of carbonyl (C=O) groups excluding carboxylic acids is 1. The van der Waals surface area contributed by atoms with Crippen molar-refractivity contribution in [2.75, 3.05) is 12.8 Å². The highest BCUT2D eigenvalue weighted by atomic mass is 33.1. The number of rotatable bonds is 7. The van der Waals surface area contributed by atoms with Gasteiger partial charge in [-0.2, -0.15) is 0 Å². The molecule has 1 aromatic rings. The maximum atomic E-state index is 12.0. The first-order valence-corrected chi connectivity index (χ1v) is 9.61. The molecule has 1 aliphatic heterocycles. The molecule has 1 aliphatic rings. The van der Waals surface area contributed by atoms with Crippen molar-refractivity contribution in [3.63, 3.8) is 0 Å². The van der Waals surface area contributed by atoms with E-state index in [0.717, 1.165) is 29.6 Å². The second-order valence-corrected chi connectivity index (χ2v) is 8.12. The molecule has 0 bridgehead atoms. The van der Waals surface area contributed by atoms with Crippen LogP contribution in [-0.4, -0.2) is 28.9 Å². The molecule has 1 saturated heterocycles. The second-order valence-electron chi connectivity index (χ2n) is 5.34. The fourth-order valence-corrected chi connectivity index (χ4v) is 5.32. The fraction of sp³-hybridized carbons (Fsp3) is 0.667. The average molecular weight is 313 g/mol. The molecular formula is C15H23NO2S2. The Morgan fingerprint density at radius 1 is 1.45 bits per heavy atom. The summed E-state index contributed by atoms with van der Waals surface area (Å²) in [5, 5.41) is 0.818. The molecular weight excluding hydrogens is 290 g/mol. The van der Waals surface area contributed by atoms with Gasteiger partial charge in [-0.3, -0.25) is 4.79 Å². The van der Waals surface area contributed by atoms with E-state index in [1.54, 1.807) is 4.90 Å². The molecule has 0 aromatic carbocycles. The summed E-state index contributed by atoms with van der Waals surface area (Å²) in [6.45, 7) is 2.49. The zero-order valence-corrected chi connectivity index (χ0v) is 13.9. The number of nitrogens with zero attached hydrogens (tertiary/aromatic N) is 1. The fourth-order valence-electron chi connectivity index (χ4n) is 2.30. The van der Waals surface area contributed by atoms with Crippen LogP contribution in [0.3, 0.4) is 0 Å². The molecule has 2 rings (SSSR count). The Bertz CT molecular complexity index is 427. The number of aryl methyl sites for hydroxylation is 1. The van der Waals surface area contributed by atoms with E-state index in [-0.39, 0.29) is 5.91 Å². The number of hydrogen-bond donors (Lipinski definition) is 0. The molecule has 3 nitrogen and oxygen atoms in total. The molecule has 1 fully saturated rings. The van der Waals surface area contributed by atoms with Gasteiger partial charge in [-0.15, -0.1) is 0 Å². The molecule has 0 spiro atoms. The lowest BCUT2D eigenvalue weighted by Gasteiger charge is -2.16. The first-order valence-electron chi connectivity index (χ1n) is 7.22. The summed E-state index contributed by atoms with van der Waals surface area (Å²) in [4.78, 5) is 13.8. The minimum absolute atomic E-state index is 0.215. The Balaban J connectivity index is 1.61. The van der Waals surface area contributed by atoms with Crippen LogP contribution in [0.5, 0.6) is 0 Å². The third kappa shape index (κ3) is 5.09. The highest BCUT2D eigenvalue weighted by molar-refractivity contribution is 8.77. The number of furan rings is 1. The van der Waals surface area contributed by atoms with Crippen LogP contribution in [0.2, 0.25) is 0 Å². The van der Waals surface area contributed by atoms with E-state index >= 15 is 0 Å². The Morgan fingerprint density at radius 3 is 2.95 bits per heavy atom. The third-order valence-corrected chi connectivity index (χ3v) is 6.52. The normalized spacial score (nSPS) is 18.4. The maximum absolute atomic E-state index is 12.0. The van der Waals surface area contributed by atoms with Gasteiger partial charge < -0.3 is 9.32 Å². The highest BCUT2D eigenvalue weighted by Crippen LogP contribution is 2.39. The molecule has 1 amide bonds. The highest BCUT2D eigenvalue weighted by Gasteiger charge is 2.16. The lowest BCUT2D eigenvalue weighted by atomic mass is 10.1. The first-order chi connectivity index (χ1) is 9.65. The van der Waals surface area contributed by atoms with Crippen molar-refractivity contribution < 1.29 is 9.21 Å². The summed E-state index contributed by atoms with van der Waals surface area (Å²) in [6, 6.07) is 3.87. The van der Waals surface area contributed by atoms with Gasteiger partial charge in [0.15, 0.2) is 0 Å². The lowest BCUT2D eigenvalue weighted by Crippen LogP contribution is -2.25. The summed E-state index contributed by atoms with van der Waals surface area (Å²) in [7, 11) is 5.86. The van der Waals surface area contributed by atoms with E-state index in [1.165, 1.54) is 18.6 Å². The maximum Gasteiger partial charge on any atom is 0.222 e. The molecule has 5 heteroatoms. The topological polar surface area (TPSA) is 33.5 Å². The SMILES string of the molecule is Cc1ccc(CN(C)C(=O)CCCCC2CCSS2)o1. The minimum atomic E-state index is 0.215. The van der Waals surface area contributed by atoms with E-state index in [4.69, 9.17) is 4.42 Å². The van der Waals surface area contributed by atoms with E-state index in [9.17, 15) is 4.79 Å². The smallest absolute Gasteiger partial charge is 0.222 e. The lowest BCUT2D eigenvalue weighted by molar-refractivity contribution is -0.130. The van der Waals surface area contributed by atoms with Gasteiger partial charge in [-0.05, 0) is 38.3 Å². The standard InChI is InChI=1S/C15H23NO2S2/c1-12-7-8-13(18-12)11-16(2)15(17)6-4-3-5-14-9-10-19-20-14/h7-8,14H,3-6,9-11H2,1-2H3. The van der Waals surface area contributed by atoms with Crippen molar-refractivity contribution in [2.45, 2.75) is 50.8 Å². The van der Waals surface area contributed by atoms with Crippen LogP contribution in [0, 0.1) is 6.92 Å². The predicted molar refractivity (Wildman–Crippen MR) is 86.8 cm³/mol. The minimum Gasteiger partial charge on any atom is -0.464 e. The molecule has 0 aliphatic carbocycles. The van der Waals surface area contributed by atoms with Crippen molar-refractivity contribution in [1.82, 2.24) is 4.90 Å². The van der Waals surface area contributed by atoms with E-state index in [0.29, 0.717) is 13.0 Å². The van der Waals surface area contributed by atoms with Crippen LogP contribution in [0.4, 0.5) is 0 Å². The van der Waals surface area contributed by atoms with Crippen molar-refractivity contribution in [3.05, 3.63) is 23.7 Å². The van der Waals surface area contributed by atoms with Crippen molar-refractivity contribution in [1.29, 1.82) is 0 Å². The second kappa shape index (κ2) is 8.03. The molecule has 1 aromatic heterocycles. The predicted octanol–water partition coefficient (Wildman–Crippen LogP) is 4.26. The number of amides is 1. The number of hydrogen-bond acceptors (Lipinski definition) is 4. The molecule has 20 heavy (non-hydrogen) atoms. The molecule has 1 atom stereocenters. The van der Waals surface area contributed by atoms with Crippen LogP contribution in [0.15, 0.2) is 16.5 Å². The quantitative estimate of drug-likeness (QED) is 0.556. The van der Waals surface area contributed by atoms with Gasteiger partial charge in [0.2, 0.25) is 5.91 Å². The molecule has 0 saturated carbocycles. The summed E-state index contributed by atoms with van der Waals surface area (Å²) in [5.41, 5.74) is 0. The zero-order chi connectivity index (χ0) is 14.4. The van der Waals surface area contributed by atoms with Gasteiger partial charge in [0.05, 0.1) is 6.54 Å².